The highest BCUT2D eigenvalue weighted by Crippen LogP contribution is 2.08. The van der Waals surface area contributed by atoms with Crippen molar-refractivity contribution in [1.82, 2.24) is 4.90 Å². The molecule has 1 aliphatic heterocycles. The van der Waals surface area contributed by atoms with Gasteiger partial charge in [0.25, 0.3) is 0 Å². The average molecular weight is 203 g/mol. The number of hydrogen-bond acceptors (Lipinski definition) is 3. The minimum absolute atomic E-state index is 0.141. The van der Waals surface area contributed by atoms with Crippen molar-refractivity contribution in [1.29, 1.82) is 0 Å². The molecule has 0 aliphatic carbocycles. The zero-order valence-corrected chi connectivity index (χ0v) is 8.93. The molecule has 0 bridgehead atoms. The van der Waals surface area contributed by atoms with Gasteiger partial charge in [0.2, 0.25) is 5.91 Å². The molecular weight excluding hydrogens is 186 g/mol. The SMILES string of the molecule is CCC(S)C(=O)N1CCCOCC1. The third kappa shape index (κ3) is 3.19. The van der Waals surface area contributed by atoms with Crippen LogP contribution in [0.1, 0.15) is 19.8 Å². The van der Waals surface area contributed by atoms with Crippen LogP contribution in [0.3, 0.4) is 0 Å². The molecule has 1 atom stereocenters. The maximum absolute atomic E-state index is 11.7. The Balaban J connectivity index is 2.43. The number of carbonyl (C=O) groups excluding carboxylic acids is 1. The zero-order valence-electron chi connectivity index (χ0n) is 8.03. The Morgan fingerprint density at radius 2 is 2.31 bits per heavy atom. The molecule has 1 rings (SSSR count). The van der Waals surface area contributed by atoms with E-state index in [1.807, 2.05) is 11.8 Å². The predicted molar refractivity (Wildman–Crippen MR) is 55.1 cm³/mol. The van der Waals surface area contributed by atoms with Gasteiger partial charge >= 0.3 is 0 Å². The topological polar surface area (TPSA) is 29.5 Å². The van der Waals surface area contributed by atoms with Crippen molar-refractivity contribution < 1.29 is 9.53 Å². The van der Waals surface area contributed by atoms with Crippen molar-refractivity contribution >= 4 is 18.5 Å². The van der Waals surface area contributed by atoms with Crippen LogP contribution in [0.5, 0.6) is 0 Å². The maximum Gasteiger partial charge on any atom is 0.235 e. The quantitative estimate of drug-likeness (QED) is 0.677. The van der Waals surface area contributed by atoms with Gasteiger partial charge in [0.05, 0.1) is 11.9 Å². The molecule has 0 radical (unpaired) electrons. The second-order valence-corrected chi connectivity index (χ2v) is 3.84. The Labute approximate surface area is 84.8 Å². The van der Waals surface area contributed by atoms with Crippen LogP contribution < -0.4 is 0 Å². The van der Waals surface area contributed by atoms with E-state index in [0.29, 0.717) is 6.61 Å². The van der Waals surface area contributed by atoms with Crippen LogP contribution in [0.15, 0.2) is 0 Å². The average Bonchev–Trinajstić information content (AvgIpc) is 2.43. The normalized spacial score (nSPS) is 20.9. The van der Waals surface area contributed by atoms with Crippen LogP contribution >= 0.6 is 12.6 Å². The number of carbonyl (C=O) groups is 1. The largest absolute Gasteiger partial charge is 0.380 e. The van der Waals surface area contributed by atoms with E-state index >= 15 is 0 Å². The molecular formula is C9H17NO2S. The molecule has 1 saturated heterocycles. The summed E-state index contributed by atoms with van der Waals surface area (Å²) in [5.74, 6) is 0.149. The number of ether oxygens (including phenoxy) is 1. The first-order valence-electron chi connectivity index (χ1n) is 4.80. The molecule has 13 heavy (non-hydrogen) atoms. The van der Waals surface area contributed by atoms with Gasteiger partial charge in [-0.1, -0.05) is 6.92 Å². The van der Waals surface area contributed by atoms with Crippen molar-refractivity contribution in [3.8, 4) is 0 Å². The molecule has 0 aromatic heterocycles. The molecule has 4 heteroatoms. The Morgan fingerprint density at radius 3 is 3.00 bits per heavy atom. The molecule has 0 saturated carbocycles. The van der Waals surface area contributed by atoms with E-state index in [1.54, 1.807) is 0 Å². The van der Waals surface area contributed by atoms with E-state index in [-0.39, 0.29) is 11.2 Å². The lowest BCUT2D eigenvalue weighted by Crippen LogP contribution is -2.38. The molecule has 1 fully saturated rings. The second-order valence-electron chi connectivity index (χ2n) is 3.22. The Bertz CT molecular complexity index is 167. The highest BCUT2D eigenvalue weighted by molar-refractivity contribution is 7.81. The second kappa shape index (κ2) is 5.50. The third-order valence-electron chi connectivity index (χ3n) is 2.21. The molecule has 0 spiro atoms. The number of amides is 1. The van der Waals surface area contributed by atoms with E-state index in [9.17, 15) is 4.79 Å². The van der Waals surface area contributed by atoms with Gasteiger partial charge in [-0.15, -0.1) is 0 Å². The summed E-state index contributed by atoms with van der Waals surface area (Å²) in [5.41, 5.74) is 0. The third-order valence-corrected chi connectivity index (χ3v) is 2.79. The van der Waals surface area contributed by atoms with Gasteiger partial charge in [0.15, 0.2) is 0 Å². The molecule has 1 unspecified atom stereocenters. The lowest BCUT2D eigenvalue weighted by molar-refractivity contribution is -0.130. The maximum atomic E-state index is 11.7. The summed E-state index contributed by atoms with van der Waals surface area (Å²) in [6.07, 6.45) is 1.73. The van der Waals surface area contributed by atoms with E-state index in [0.717, 1.165) is 32.5 Å². The fourth-order valence-corrected chi connectivity index (χ4v) is 1.52. The summed E-state index contributed by atoms with van der Waals surface area (Å²) in [6.45, 7) is 4.94. The van der Waals surface area contributed by atoms with Gasteiger partial charge in [-0.05, 0) is 12.8 Å². The monoisotopic (exact) mass is 203 g/mol. The molecule has 1 heterocycles. The van der Waals surface area contributed by atoms with Gasteiger partial charge in [0, 0.05) is 19.7 Å². The van der Waals surface area contributed by atoms with Gasteiger partial charge in [-0.3, -0.25) is 4.79 Å². The minimum Gasteiger partial charge on any atom is -0.380 e. The Morgan fingerprint density at radius 1 is 1.54 bits per heavy atom. The number of thiol groups is 1. The molecule has 1 aliphatic rings. The summed E-state index contributed by atoms with van der Waals surface area (Å²) >= 11 is 4.24. The molecule has 76 valence electrons. The van der Waals surface area contributed by atoms with Crippen molar-refractivity contribution in [3.63, 3.8) is 0 Å². The molecule has 0 N–H and O–H groups in total. The van der Waals surface area contributed by atoms with Crippen molar-refractivity contribution in [2.45, 2.75) is 25.0 Å². The van der Waals surface area contributed by atoms with E-state index in [1.165, 1.54) is 0 Å². The number of rotatable bonds is 2. The van der Waals surface area contributed by atoms with E-state index < -0.39 is 0 Å². The van der Waals surface area contributed by atoms with Crippen molar-refractivity contribution in [3.05, 3.63) is 0 Å². The van der Waals surface area contributed by atoms with Gasteiger partial charge < -0.3 is 9.64 Å². The predicted octanol–water partition coefficient (Wildman–Crippen LogP) is 0.944. The first-order chi connectivity index (χ1) is 6.25. The van der Waals surface area contributed by atoms with E-state index in [2.05, 4.69) is 12.6 Å². The zero-order chi connectivity index (χ0) is 9.68. The summed E-state index contributed by atoms with van der Waals surface area (Å²) < 4.78 is 5.27. The highest BCUT2D eigenvalue weighted by atomic mass is 32.1. The molecule has 1 amide bonds. The lowest BCUT2D eigenvalue weighted by Gasteiger charge is -2.22. The summed E-state index contributed by atoms with van der Waals surface area (Å²) in [6, 6.07) is 0. The lowest BCUT2D eigenvalue weighted by atomic mass is 10.2. The van der Waals surface area contributed by atoms with Crippen LogP contribution in [0, 0.1) is 0 Å². The number of hydrogen-bond donors (Lipinski definition) is 1. The van der Waals surface area contributed by atoms with Crippen molar-refractivity contribution in [2.75, 3.05) is 26.3 Å². The molecule has 0 aromatic rings. The smallest absolute Gasteiger partial charge is 0.235 e. The fraction of sp³-hybridized carbons (Fsp3) is 0.889. The van der Waals surface area contributed by atoms with Crippen LogP contribution in [0.4, 0.5) is 0 Å². The van der Waals surface area contributed by atoms with Crippen LogP contribution in [0.2, 0.25) is 0 Å². The first-order valence-corrected chi connectivity index (χ1v) is 5.32. The number of nitrogens with zero attached hydrogens (tertiary/aromatic N) is 1. The Hall–Kier alpha value is -0.220. The van der Waals surface area contributed by atoms with Crippen molar-refractivity contribution in [2.24, 2.45) is 0 Å². The molecule has 3 nitrogen and oxygen atoms in total. The van der Waals surface area contributed by atoms with Gasteiger partial charge in [-0.2, -0.15) is 12.6 Å². The summed E-state index contributed by atoms with van der Waals surface area (Å²) in [7, 11) is 0. The van der Waals surface area contributed by atoms with Gasteiger partial charge in [0.1, 0.15) is 0 Å². The van der Waals surface area contributed by atoms with Crippen LogP contribution in [0.25, 0.3) is 0 Å². The van der Waals surface area contributed by atoms with E-state index in [4.69, 9.17) is 4.74 Å². The summed E-state index contributed by atoms with van der Waals surface area (Å²) in [5, 5.41) is -0.141. The molecule has 0 aromatic carbocycles. The fourth-order valence-electron chi connectivity index (χ4n) is 1.35. The standard InChI is InChI=1S/C9H17NO2S/c1-2-8(13)9(11)10-4-3-6-12-7-5-10/h8,13H,2-7H2,1H3. The first kappa shape index (κ1) is 10.9. The van der Waals surface area contributed by atoms with Crippen LogP contribution in [-0.4, -0.2) is 42.4 Å². The summed E-state index contributed by atoms with van der Waals surface area (Å²) in [4.78, 5) is 13.5. The highest BCUT2D eigenvalue weighted by Gasteiger charge is 2.20. The Kier molecular flexibility index (Phi) is 4.59. The minimum atomic E-state index is -0.141. The van der Waals surface area contributed by atoms with Gasteiger partial charge in [-0.25, -0.2) is 0 Å². The van der Waals surface area contributed by atoms with Crippen LogP contribution in [-0.2, 0) is 9.53 Å².